The number of aromatic hydroxyl groups is 1. The summed E-state index contributed by atoms with van der Waals surface area (Å²) in [5.74, 6) is 0.607. The molecule has 0 unspecified atom stereocenters. The summed E-state index contributed by atoms with van der Waals surface area (Å²) in [5.41, 5.74) is 3.05. The first-order valence-corrected chi connectivity index (χ1v) is 6.93. The number of anilines is 1. The highest BCUT2D eigenvalue weighted by atomic mass is 16.5. The molecule has 0 aliphatic heterocycles. The van der Waals surface area contributed by atoms with E-state index in [0.29, 0.717) is 11.3 Å². The summed E-state index contributed by atoms with van der Waals surface area (Å²) in [4.78, 5) is 12.2. The highest BCUT2D eigenvalue weighted by molar-refractivity contribution is 6.07. The van der Waals surface area contributed by atoms with Gasteiger partial charge in [-0.3, -0.25) is 4.79 Å². The van der Waals surface area contributed by atoms with E-state index in [1.807, 2.05) is 19.2 Å². The van der Waals surface area contributed by atoms with Gasteiger partial charge in [0, 0.05) is 29.9 Å². The quantitative estimate of drug-likeness (QED) is 0.653. The van der Waals surface area contributed by atoms with Crippen LogP contribution in [0, 0.1) is 6.92 Å². The molecule has 0 aliphatic rings. The maximum Gasteiger partial charge on any atom is 0.185 e. The van der Waals surface area contributed by atoms with E-state index < -0.39 is 0 Å². The molecule has 0 radical (unpaired) electrons. The Kier molecular flexibility index (Phi) is 4.84. The molecule has 2 aromatic rings. The largest absolute Gasteiger partial charge is 0.508 e. The zero-order chi connectivity index (χ0) is 16.1. The fourth-order valence-corrected chi connectivity index (χ4v) is 2.07. The van der Waals surface area contributed by atoms with E-state index in [0.717, 1.165) is 16.8 Å². The number of methoxy groups -OCH3 is 1. The second kappa shape index (κ2) is 6.80. The van der Waals surface area contributed by atoms with Crippen molar-refractivity contribution in [1.29, 1.82) is 0 Å². The van der Waals surface area contributed by atoms with Gasteiger partial charge in [0.1, 0.15) is 11.5 Å². The van der Waals surface area contributed by atoms with Crippen LogP contribution in [0.1, 0.15) is 21.5 Å². The van der Waals surface area contributed by atoms with E-state index in [1.54, 1.807) is 37.3 Å². The minimum atomic E-state index is -0.0876. The number of aryl methyl sites for hydroxylation is 1. The Bertz CT molecular complexity index is 703. The molecule has 0 aromatic heterocycles. The van der Waals surface area contributed by atoms with Crippen molar-refractivity contribution >= 4 is 17.5 Å². The predicted octanol–water partition coefficient (Wildman–Crippen LogP) is 3.65. The molecule has 22 heavy (non-hydrogen) atoms. The summed E-state index contributed by atoms with van der Waals surface area (Å²) in [5, 5.41) is 12.7. The van der Waals surface area contributed by atoms with Gasteiger partial charge in [-0.25, -0.2) is 0 Å². The van der Waals surface area contributed by atoms with Crippen molar-refractivity contribution in [3.05, 3.63) is 59.2 Å². The van der Waals surface area contributed by atoms with Crippen LogP contribution in [0.2, 0.25) is 0 Å². The Morgan fingerprint density at radius 2 is 1.91 bits per heavy atom. The van der Waals surface area contributed by atoms with Gasteiger partial charge in [-0.1, -0.05) is 0 Å². The highest BCUT2D eigenvalue weighted by Gasteiger charge is 2.06. The van der Waals surface area contributed by atoms with Crippen LogP contribution in [0.25, 0.3) is 6.08 Å². The lowest BCUT2D eigenvalue weighted by Crippen LogP contribution is -1.95. The second-order valence-electron chi connectivity index (χ2n) is 4.91. The number of ether oxygens (including phenoxy) is 1. The number of carbonyl (C=O) groups is 1. The topological polar surface area (TPSA) is 58.6 Å². The molecule has 4 heteroatoms. The first-order chi connectivity index (χ1) is 10.5. The van der Waals surface area contributed by atoms with Crippen molar-refractivity contribution in [2.75, 3.05) is 19.5 Å². The monoisotopic (exact) mass is 297 g/mol. The predicted molar refractivity (Wildman–Crippen MR) is 88.7 cm³/mol. The number of nitrogens with one attached hydrogen (secondary N) is 1. The van der Waals surface area contributed by atoms with Crippen LogP contribution in [-0.4, -0.2) is 25.0 Å². The molecule has 0 spiro atoms. The summed E-state index contributed by atoms with van der Waals surface area (Å²) in [6, 6.07) is 10.6. The van der Waals surface area contributed by atoms with Crippen LogP contribution in [0.3, 0.4) is 0 Å². The fourth-order valence-electron chi connectivity index (χ4n) is 2.07. The van der Waals surface area contributed by atoms with Gasteiger partial charge in [-0.2, -0.15) is 0 Å². The lowest BCUT2D eigenvalue weighted by Gasteiger charge is -2.07. The first-order valence-electron chi connectivity index (χ1n) is 6.93. The average molecular weight is 297 g/mol. The summed E-state index contributed by atoms with van der Waals surface area (Å²) >= 11 is 0. The fraction of sp³-hybridized carbons (Fsp3) is 0.167. The van der Waals surface area contributed by atoms with Gasteiger partial charge in [0.2, 0.25) is 0 Å². The van der Waals surface area contributed by atoms with Gasteiger partial charge in [0.25, 0.3) is 0 Å². The maximum absolute atomic E-state index is 12.2. The smallest absolute Gasteiger partial charge is 0.185 e. The van der Waals surface area contributed by atoms with Crippen LogP contribution in [0.15, 0.2) is 42.5 Å². The summed E-state index contributed by atoms with van der Waals surface area (Å²) in [6.45, 7) is 1.80. The van der Waals surface area contributed by atoms with Crippen molar-refractivity contribution in [3.8, 4) is 11.5 Å². The minimum absolute atomic E-state index is 0.0876. The molecule has 114 valence electrons. The molecule has 0 amide bonds. The highest BCUT2D eigenvalue weighted by Crippen LogP contribution is 2.28. The van der Waals surface area contributed by atoms with Crippen LogP contribution in [-0.2, 0) is 0 Å². The van der Waals surface area contributed by atoms with E-state index in [-0.39, 0.29) is 11.5 Å². The Morgan fingerprint density at radius 3 is 2.50 bits per heavy atom. The number of phenolic OH excluding ortho intramolecular Hbond substituents is 1. The second-order valence-corrected chi connectivity index (χ2v) is 4.91. The molecular weight excluding hydrogens is 278 g/mol. The number of hydrogen-bond donors (Lipinski definition) is 2. The summed E-state index contributed by atoms with van der Waals surface area (Å²) in [7, 11) is 3.36. The lowest BCUT2D eigenvalue weighted by molar-refractivity contribution is 0.104. The van der Waals surface area contributed by atoms with Gasteiger partial charge in [-0.05, 0) is 55.0 Å². The molecule has 2 rings (SSSR count). The zero-order valence-electron chi connectivity index (χ0n) is 12.9. The standard InChI is InChI=1S/C18H19NO3/c1-12-10-14(18(22-3)11-17(12)21)6-9-16(20)13-4-7-15(19-2)8-5-13/h4-11,19,21H,1-3H3. The third kappa shape index (κ3) is 3.47. The molecule has 4 nitrogen and oxygen atoms in total. The van der Waals surface area contributed by atoms with E-state index >= 15 is 0 Å². The number of phenols is 1. The van der Waals surface area contributed by atoms with Crippen molar-refractivity contribution in [2.45, 2.75) is 6.92 Å². The molecule has 2 N–H and O–H groups in total. The number of allylic oxidation sites excluding steroid dienone is 1. The van der Waals surface area contributed by atoms with Crippen LogP contribution < -0.4 is 10.1 Å². The molecule has 0 heterocycles. The Hall–Kier alpha value is -2.75. The van der Waals surface area contributed by atoms with Crippen LogP contribution in [0.4, 0.5) is 5.69 Å². The van der Waals surface area contributed by atoms with Gasteiger partial charge < -0.3 is 15.2 Å². The molecule has 0 saturated heterocycles. The number of hydrogen-bond acceptors (Lipinski definition) is 4. The zero-order valence-corrected chi connectivity index (χ0v) is 12.9. The molecule has 0 aliphatic carbocycles. The van der Waals surface area contributed by atoms with Gasteiger partial charge >= 0.3 is 0 Å². The van der Waals surface area contributed by atoms with E-state index in [4.69, 9.17) is 4.74 Å². The first kappa shape index (κ1) is 15.6. The lowest BCUT2D eigenvalue weighted by atomic mass is 10.1. The minimum Gasteiger partial charge on any atom is -0.508 e. The third-order valence-corrected chi connectivity index (χ3v) is 3.42. The van der Waals surface area contributed by atoms with Crippen molar-refractivity contribution in [1.82, 2.24) is 0 Å². The van der Waals surface area contributed by atoms with Crippen molar-refractivity contribution < 1.29 is 14.6 Å². The number of benzene rings is 2. The molecule has 0 bridgehead atoms. The Labute approximate surface area is 130 Å². The van der Waals surface area contributed by atoms with E-state index in [2.05, 4.69) is 5.32 Å². The molecule has 0 atom stereocenters. The average Bonchev–Trinajstić information content (AvgIpc) is 2.55. The number of carbonyl (C=O) groups excluding carboxylic acids is 1. The third-order valence-electron chi connectivity index (χ3n) is 3.42. The van der Waals surface area contributed by atoms with Gasteiger partial charge in [0.15, 0.2) is 5.78 Å². The van der Waals surface area contributed by atoms with Crippen LogP contribution >= 0.6 is 0 Å². The van der Waals surface area contributed by atoms with Crippen molar-refractivity contribution in [2.24, 2.45) is 0 Å². The van der Waals surface area contributed by atoms with Gasteiger partial charge in [0.05, 0.1) is 7.11 Å². The van der Waals surface area contributed by atoms with Gasteiger partial charge in [-0.15, -0.1) is 0 Å². The summed E-state index contributed by atoms with van der Waals surface area (Å²) < 4.78 is 5.22. The number of rotatable bonds is 5. The molecular formula is C18H19NO3. The molecule has 0 fully saturated rings. The van der Waals surface area contributed by atoms with Crippen molar-refractivity contribution in [3.63, 3.8) is 0 Å². The maximum atomic E-state index is 12.2. The Balaban J connectivity index is 2.23. The van der Waals surface area contributed by atoms with E-state index in [9.17, 15) is 9.90 Å². The Morgan fingerprint density at radius 1 is 1.23 bits per heavy atom. The summed E-state index contributed by atoms with van der Waals surface area (Å²) in [6.07, 6.45) is 3.20. The molecule has 2 aromatic carbocycles. The van der Waals surface area contributed by atoms with Crippen LogP contribution in [0.5, 0.6) is 11.5 Å². The molecule has 0 saturated carbocycles. The normalized spacial score (nSPS) is 10.7. The number of ketones is 1. The SMILES string of the molecule is CNc1ccc(C(=O)C=Cc2cc(C)c(O)cc2OC)cc1. The van der Waals surface area contributed by atoms with E-state index in [1.165, 1.54) is 13.2 Å².